The van der Waals surface area contributed by atoms with E-state index in [1.54, 1.807) is 6.07 Å². The molecule has 3 aromatic rings. The summed E-state index contributed by atoms with van der Waals surface area (Å²) in [7, 11) is 1.36. The molecule has 0 aliphatic heterocycles. The number of carbonyl (C=O) groups excluding carboxylic acids is 1. The fraction of sp³-hybridized carbons (Fsp3) is 0.190. The number of nitrogens with one attached hydrogen (secondary N) is 1. The Balaban J connectivity index is 1.63. The zero-order valence-corrected chi connectivity index (χ0v) is 14.7. The maximum absolute atomic E-state index is 12.5. The third-order valence-electron chi connectivity index (χ3n) is 4.12. The molecule has 1 N–H and O–H groups in total. The number of fused-ring (bicyclic) bond motifs is 1. The minimum Gasteiger partial charge on any atom is -0.493 e. The van der Waals surface area contributed by atoms with E-state index in [0.717, 1.165) is 16.3 Å². The average Bonchev–Trinajstić information content (AvgIpc) is 2.66. The number of aryl methyl sites for hydroxylation is 1. The molecule has 3 aromatic carbocycles. The van der Waals surface area contributed by atoms with E-state index < -0.39 is 6.61 Å². The minimum absolute atomic E-state index is 0.125. The van der Waals surface area contributed by atoms with Crippen molar-refractivity contribution in [2.24, 2.45) is 0 Å². The smallest absolute Gasteiger partial charge is 0.387 e. The molecule has 0 fully saturated rings. The monoisotopic (exact) mass is 371 g/mol. The summed E-state index contributed by atoms with van der Waals surface area (Å²) in [5.74, 6) is -0.166. The fourth-order valence-corrected chi connectivity index (χ4v) is 2.82. The van der Waals surface area contributed by atoms with E-state index in [1.165, 1.54) is 19.2 Å². The van der Waals surface area contributed by atoms with E-state index in [0.29, 0.717) is 12.1 Å². The van der Waals surface area contributed by atoms with E-state index in [9.17, 15) is 13.6 Å². The number of rotatable bonds is 7. The summed E-state index contributed by atoms with van der Waals surface area (Å²) in [5.41, 5.74) is 1.43. The lowest BCUT2D eigenvalue weighted by molar-refractivity contribution is -0.116. The van der Waals surface area contributed by atoms with Crippen LogP contribution in [0.4, 0.5) is 14.5 Å². The molecule has 0 bridgehead atoms. The summed E-state index contributed by atoms with van der Waals surface area (Å²) >= 11 is 0. The molecule has 0 saturated heterocycles. The molecule has 0 saturated carbocycles. The second-order valence-electron chi connectivity index (χ2n) is 5.97. The Hall–Kier alpha value is -3.15. The number of ether oxygens (including phenoxy) is 2. The lowest BCUT2D eigenvalue weighted by atomic mass is 10.0. The quantitative estimate of drug-likeness (QED) is 0.634. The largest absolute Gasteiger partial charge is 0.493 e. The van der Waals surface area contributed by atoms with Crippen molar-refractivity contribution in [3.8, 4) is 11.5 Å². The Labute approximate surface area is 155 Å². The van der Waals surface area contributed by atoms with Gasteiger partial charge >= 0.3 is 6.61 Å². The molecule has 140 valence electrons. The molecule has 4 nitrogen and oxygen atoms in total. The van der Waals surface area contributed by atoms with Crippen LogP contribution in [0.1, 0.15) is 12.0 Å². The van der Waals surface area contributed by atoms with Crippen LogP contribution in [0.25, 0.3) is 10.8 Å². The molecule has 0 unspecified atom stereocenters. The van der Waals surface area contributed by atoms with Crippen LogP contribution >= 0.6 is 0 Å². The molecule has 0 heterocycles. The third kappa shape index (κ3) is 4.94. The van der Waals surface area contributed by atoms with Gasteiger partial charge in [0.2, 0.25) is 5.91 Å². The zero-order valence-electron chi connectivity index (χ0n) is 14.7. The fourth-order valence-electron chi connectivity index (χ4n) is 2.82. The highest BCUT2D eigenvalue weighted by atomic mass is 19.3. The number of alkyl halides is 2. The van der Waals surface area contributed by atoms with Crippen LogP contribution in [-0.4, -0.2) is 19.6 Å². The van der Waals surface area contributed by atoms with Crippen LogP contribution in [-0.2, 0) is 11.2 Å². The molecular weight excluding hydrogens is 352 g/mol. The van der Waals surface area contributed by atoms with Crippen molar-refractivity contribution in [3.05, 3.63) is 66.2 Å². The first kappa shape index (κ1) is 18.6. The zero-order chi connectivity index (χ0) is 19.2. The Morgan fingerprint density at radius 1 is 1.00 bits per heavy atom. The average molecular weight is 371 g/mol. The van der Waals surface area contributed by atoms with Crippen molar-refractivity contribution >= 4 is 22.4 Å². The molecule has 1 amide bonds. The SMILES string of the molecule is COc1ccc(NC(=O)CCc2ccc3ccccc3c2)cc1OC(F)F. The number of hydrogen-bond donors (Lipinski definition) is 1. The van der Waals surface area contributed by atoms with E-state index >= 15 is 0 Å². The van der Waals surface area contributed by atoms with Gasteiger partial charge in [-0.05, 0) is 34.9 Å². The summed E-state index contributed by atoms with van der Waals surface area (Å²) < 4.78 is 34.4. The maximum Gasteiger partial charge on any atom is 0.387 e. The number of halogens is 2. The Kier molecular flexibility index (Phi) is 5.86. The number of methoxy groups -OCH3 is 1. The second-order valence-corrected chi connectivity index (χ2v) is 5.97. The summed E-state index contributed by atoms with van der Waals surface area (Å²) in [6, 6.07) is 18.5. The van der Waals surface area contributed by atoms with Gasteiger partial charge in [-0.1, -0.05) is 42.5 Å². The summed E-state index contributed by atoms with van der Waals surface area (Å²) in [6.07, 6.45) is 0.850. The molecule has 6 heteroatoms. The van der Waals surface area contributed by atoms with Gasteiger partial charge in [-0.25, -0.2) is 0 Å². The first-order valence-electron chi connectivity index (χ1n) is 8.45. The van der Waals surface area contributed by atoms with E-state index in [-0.39, 0.29) is 23.8 Å². The van der Waals surface area contributed by atoms with Gasteiger partial charge in [-0.3, -0.25) is 4.79 Å². The highest BCUT2D eigenvalue weighted by Gasteiger charge is 2.12. The predicted molar refractivity (Wildman–Crippen MR) is 101 cm³/mol. The molecule has 0 aliphatic rings. The van der Waals surface area contributed by atoms with Crippen LogP contribution < -0.4 is 14.8 Å². The number of amides is 1. The minimum atomic E-state index is -2.97. The first-order valence-corrected chi connectivity index (χ1v) is 8.45. The lowest BCUT2D eigenvalue weighted by Crippen LogP contribution is -2.13. The highest BCUT2D eigenvalue weighted by molar-refractivity contribution is 5.91. The van der Waals surface area contributed by atoms with Crippen LogP contribution in [0.5, 0.6) is 11.5 Å². The number of benzene rings is 3. The molecule has 0 aliphatic carbocycles. The summed E-state index contributed by atoms with van der Waals surface area (Å²) in [5, 5.41) is 4.97. The number of anilines is 1. The molecule has 0 spiro atoms. The van der Waals surface area contributed by atoms with Gasteiger partial charge in [0.15, 0.2) is 11.5 Å². The Morgan fingerprint density at radius 2 is 1.78 bits per heavy atom. The molecule has 0 aromatic heterocycles. The van der Waals surface area contributed by atoms with Crippen molar-refractivity contribution in [2.45, 2.75) is 19.5 Å². The Morgan fingerprint density at radius 3 is 2.52 bits per heavy atom. The maximum atomic E-state index is 12.5. The van der Waals surface area contributed by atoms with Gasteiger partial charge in [0.05, 0.1) is 7.11 Å². The lowest BCUT2D eigenvalue weighted by Gasteiger charge is -2.12. The van der Waals surface area contributed by atoms with Crippen LogP contribution in [0.3, 0.4) is 0 Å². The normalized spacial score (nSPS) is 10.8. The summed E-state index contributed by atoms with van der Waals surface area (Å²) in [4.78, 5) is 12.2. The van der Waals surface area contributed by atoms with Crippen molar-refractivity contribution < 1.29 is 23.0 Å². The van der Waals surface area contributed by atoms with Gasteiger partial charge in [0.1, 0.15) is 0 Å². The van der Waals surface area contributed by atoms with Gasteiger partial charge in [-0.2, -0.15) is 8.78 Å². The Bertz CT molecular complexity index is 944. The van der Waals surface area contributed by atoms with Crippen molar-refractivity contribution in [1.29, 1.82) is 0 Å². The van der Waals surface area contributed by atoms with Gasteiger partial charge in [0, 0.05) is 18.2 Å². The van der Waals surface area contributed by atoms with Crippen LogP contribution in [0.2, 0.25) is 0 Å². The van der Waals surface area contributed by atoms with Gasteiger partial charge in [0.25, 0.3) is 0 Å². The van der Waals surface area contributed by atoms with Gasteiger partial charge < -0.3 is 14.8 Å². The summed E-state index contributed by atoms with van der Waals surface area (Å²) in [6.45, 7) is -2.97. The van der Waals surface area contributed by atoms with Crippen LogP contribution in [0.15, 0.2) is 60.7 Å². The second kappa shape index (κ2) is 8.49. The molecule has 3 rings (SSSR count). The van der Waals surface area contributed by atoms with Gasteiger partial charge in [-0.15, -0.1) is 0 Å². The molecule has 0 radical (unpaired) electrons. The third-order valence-corrected chi connectivity index (χ3v) is 4.12. The number of carbonyl (C=O) groups is 1. The van der Waals surface area contributed by atoms with E-state index in [4.69, 9.17) is 4.74 Å². The van der Waals surface area contributed by atoms with Crippen LogP contribution in [0, 0.1) is 0 Å². The molecular formula is C21H19F2NO3. The van der Waals surface area contributed by atoms with Crippen molar-refractivity contribution in [2.75, 3.05) is 12.4 Å². The topological polar surface area (TPSA) is 47.6 Å². The van der Waals surface area contributed by atoms with Crippen molar-refractivity contribution in [3.63, 3.8) is 0 Å². The van der Waals surface area contributed by atoms with E-state index in [2.05, 4.69) is 16.1 Å². The van der Waals surface area contributed by atoms with E-state index in [1.807, 2.05) is 36.4 Å². The molecule has 0 atom stereocenters. The first-order chi connectivity index (χ1) is 13.0. The van der Waals surface area contributed by atoms with Crippen molar-refractivity contribution in [1.82, 2.24) is 0 Å². The predicted octanol–water partition coefficient (Wildman–Crippen LogP) is 5.02. The standard InChI is InChI=1S/C21H19F2NO3/c1-26-18-10-9-17(13-19(18)27-21(22)23)24-20(25)11-7-14-6-8-15-4-2-3-5-16(15)12-14/h2-6,8-10,12-13,21H,7,11H2,1H3,(H,24,25). The highest BCUT2D eigenvalue weighted by Crippen LogP contribution is 2.31. The molecule has 27 heavy (non-hydrogen) atoms. The number of hydrogen-bond acceptors (Lipinski definition) is 3.